The lowest BCUT2D eigenvalue weighted by atomic mass is 10.0. The van der Waals surface area contributed by atoms with Crippen molar-refractivity contribution in [3.8, 4) is 0 Å². The van der Waals surface area contributed by atoms with E-state index in [0.29, 0.717) is 17.4 Å². The highest BCUT2D eigenvalue weighted by Gasteiger charge is 2.23. The molecule has 9 heteroatoms. The maximum absolute atomic E-state index is 12.9. The minimum absolute atomic E-state index is 0.0104. The summed E-state index contributed by atoms with van der Waals surface area (Å²) in [5.41, 5.74) is 0. The molecule has 0 aromatic heterocycles. The third-order valence-electron chi connectivity index (χ3n) is 11.7. The third kappa shape index (κ3) is 48.2. The van der Waals surface area contributed by atoms with E-state index >= 15 is 0 Å². The number of rotatable bonds is 48. The molecule has 0 fully saturated rings. The van der Waals surface area contributed by atoms with Gasteiger partial charge in [-0.25, -0.2) is 0 Å². The zero-order chi connectivity index (χ0) is 46.4. The van der Waals surface area contributed by atoms with Crippen molar-refractivity contribution in [1.82, 2.24) is 5.32 Å². The number of quaternary nitrogens is 1. The number of carbonyl (C=O) groups excluding carboxylic acids is 1. The number of aliphatic hydroxyl groups is 1. The topological polar surface area (TPSA) is 108 Å². The van der Waals surface area contributed by atoms with Crippen LogP contribution < -0.4 is 10.2 Å². The maximum atomic E-state index is 12.9. The van der Waals surface area contributed by atoms with Gasteiger partial charge in [0.25, 0.3) is 7.82 Å². The molecule has 2 N–H and O–H groups in total. The van der Waals surface area contributed by atoms with Crippen LogP contribution in [0.5, 0.6) is 0 Å². The molecule has 0 aliphatic carbocycles. The number of allylic oxidation sites excluding steroid dienone is 7. The van der Waals surface area contributed by atoms with Crippen molar-refractivity contribution in [2.24, 2.45) is 0 Å². The van der Waals surface area contributed by atoms with E-state index in [2.05, 4.69) is 55.6 Å². The highest BCUT2D eigenvalue weighted by Crippen LogP contribution is 2.38. The van der Waals surface area contributed by atoms with Crippen LogP contribution in [0.2, 0.25) is 0 Å². The van der Waals surface area contributed by atoms with Gasteiger partial charge in [-0.1, -0.05) is 210 Å². The van der Waals surface area contributed by atoms with Crippen molar-refractivity contribution < 1.29 is 32.9 Å². The minimum Gasteiger partial charge on any atom is -0.756 e. The predicted molar refractivity (Wildman–Crippen MR) is 270 cm³/mol. The second kappa shape index (κ2) is 45.6. The van der Waals surface area contributed by atoms with Crippen molar-refractivity contribution in [3.63, 3.8) is 0 Å². The lowest BCUT2D eigenvalue weighted by molar-refractivity contribution is -0.870. The highest BCUT2D eigenvalue weighted by atomic mass is 31.2. The molecule has 0 bridgehead atoms. The summed E-state index contributed by atoms with van der Waals surface area (Å²) in [4.78, 5) is 25.4. The van der Waals surface area contributed by atoms with Crippen LogP contribution in [-0.4, -0.2) is 68.5 Å². The summed E-state index contributed by atoms with van der Waals surface area (Å²) in [7, 11) is 1.23. The lowest BCUT2D eigenvalue weighted by Gasteiger charge is -2.29. The highest BCUT2D eigenvalue weighted by molar-refractivity contribution is 7.45. The van der Waals surface area contributed by atoms with Crippen molar-refractivity contribution in [2.75, 3.05) is 40.9 Å². The van der Waals surface area contributed by atoms with Crippen LogP contribution in [0.15, 0.2) is 48.6 Å². The number of nitrogens with one attached hydrogen (secondary N) is 1. The van der Waals surface area contributed by atoms with E-state index in [4.69, 9.17) is 9.05 Å². The Morgan fingerprint density at radius 1 is 0.540 bits per heavy atom. The fourth-order valence-corrected chi connectivity index (χ4v) is 8.26. The standard InChI is InChI=1S/C54H103N2O6P/c1-6-8-10-12-14-16-18-20-22-24-26-27-28-30-31-33-35-37-39-41-43-45-47-53(57)52(51-62-63(59,60)61-50-49-56(3,4)5)55-54(58)48-46-44-42-40-38-36-34-32-29-25-23-21-19-17-15-13-11-9-7-2/h25,29-31,37,39,45,47,52-53,57H,6-24,26-28,32-36,38,40-44,46,48-51H2,1-5H3,(H-,55,58,59,60)/b29-25-,31-30+,39-37+,47-45+. The summed E-state index contributed by atoms with van der Waals surface area (Å²) in [6.45, 7) is 4.63. The Balaban J connectivity index is 4.38. The van der Waals surface area contributed by atoms with E-state index in [1.54, 1.807) is 6.08 Å². The van der Waals surface area contributed by atoms with Crippen molar-refractivity contribution in [1.29, 1.82) is 0 Å². The van der Waals surface area contributed by atoms with Crippen LogP contribution in [0.3, 0.4) is 0 Å². The number of aliphatic hydroxyl groups excluding tert-OH is 1. The smallest absolute Gasteiger partial charge is 0.268 e. The summed E-state index contributed by atoms with van der Waals surface area (Å²) in [6.07, 6.45) is 58.9. The van der Waals surface area contributed by atoms with Crippen LogP contribution >= 0.6 is 7.82 Å². The average molecular weight is 907 g/mol. The number of likely N-dealkylation sites (N-methyl/N-ethyl adjacent to an activating group) is 1. The van der Waals surface area contributed by atoms with Crippen molar-refractivity contribution >= 4 is 13.7 Å². The molecule has 0 radical (unpaired) electrons. The monoisotopic (exact) mass is 907 g/mol. The van der Waals surface area contributed by atoms with Crippen LogP contribution in [0.25, 0.3) is 0 Å². The molecule has 63 heavy (non-hydrogen) atoms. The fourth-order valence-electron chi connectivity index (χ4n) is 7.53. The van der Waals surface area contributed by atoms with Crippen LogP contribution in [0.4, 0.5) is 0 Å². The zero-order valence-corrected chi connectivity index (χ0v) is 42.9. The number of amides is 1. The van der Waals surface area contributed by atoms with Gasteiger partial charge in [0.05, 0.1) is 39.9 Å². The predicted octanol–water partition coefficient (Wildman–Crippen LogP) is 15.0. The summed E-state index contributed by atoms with van der Waals surface area (Å²) in [5.74, 6) is -0.215. The maximum Gasteiger partial charge on any atom is 0.268 e. The molecular formula is C54H103N2O6P. The number of hydrogen-bond acceptors (Lipinski definition) is 6. The molecule has 0 spiro atoms. The molecule has 0 aliphatic heterocycles. The third-order valence-corrected chi connectivity index (χ3v) is 12.7. The molecule has 0 saturated carbocycles. The summed E-state index contributed by atoms with van der Waals surface area (Å²) in [6, 6.07) is -0.912. The normalized spacial score (nSPS) is 14.5. The molecule has 0 rings (SSSR count). The number of carbonyl (C=O) groups is 1. The largest absolute Gasteiger partial charge is 0.756 e. The van der Waals surface area contributed by atoms with E-state index in [0.717, 1.165) is 44.9 Å². The Bertz CT molecular complexity index is 1170. The van der Waals surface area contributed by atoms with E-state index in [9.17, 15) is 19.4 Å². The van der Waals surface area contributed by atoms with Gasteiger partial charge in [-0.15, -0.1) is 0 Å². The summed E-state index contributed by atoms with van der Waals surface area (Å²) in [5, 5.41) is 13.8. The number of nitrogens with zero attached hydrogens (tertiary/aromatic N) is 1. The summed E-state index contributed by atoms with van der Waals surface area (Å²) >= 11 is 0. The first-order valence-corrected chi connectivity index (χ1v) is 28.0. The molecule has 0 aromatic carbocycles. The Kier molecular flexibility index (Phi) is 44.5. The average Bonchev–Trinajstić information content (AvgIpc) is 3.24. The molecule has 0 heterocycles. The van der Waals surface area contributed by atoms with Crippen LogP contribution in [-0.2, 0) is 18.4 Å². The van der Waals surface area contributed by atoms with Crippen molar-refractivity contribution in [3.05, 3.63) is 48.6 Å². The van der Waals surface area contributed by atoms with E-state index in [1.165, 1.54) is 173 Å². The molecule has 0 saturated heterocycles. The first kappa shape index (κ1) is 61.5. The van der Waals surface area contributed by atoms with Gasteiger partial charge < -0.3 is 28.8 Å². The van der Waals surface area contributed by atoms with Gasteiger partial charge in [0.15, 0.2) is 0 Å². The number of hydrogen-bond donors (Lipinski definition) is 2. The molecular weight excluding hydrogens is 804 g/mol. The Morgan fingerprint density at radius 2 is 0.889 bits per heavy atom. The molecule has 3 atom stereocenters. The number of phosphoric acid groups is 1. The second-order valence-corrected chi connectivity index (χ2v) is 20.6. The van der Waals surface area contributed by atoms with Gasteiger partial charge in [0.1, 0.15) is 13.2 Å². The lowest BCUT2D eigenvalue weighted by Crippen LogP contribution is -2.45. The quantitative estimate of drug-likeness (QED) is 0.0272. The van der Waals surface area contributed by atoms with Crippen LogP contribution in [0.1, 0.15) is 239 Å². The minimum atomic E-state index is -4.61. The van der Waals surface area contributed by atoms with Gasteiger partial charge in [0, 0.05) is 6.42 Å². The molecule has 3 unspecified atom stereocenters. The zero-order valence-electron chi connectivity index (χ0n) is 42.0. The Morgan fingerprint density at radius 3 is 1.29 bits per heavy atom. The van der Waals surface area contributed by atoms with E-state index in [1.807, 2.05) is 27.2 Å². The number of unbranched alkanes of at least 4 members (excludes halogenated alkanes) is 29. The summed E-state index contributed by atoms with van der Waals surface area (Å²) < 4.78 is 23.3. The Labute approximate surface area is 390 Å². The van der Waals surface area contributed by atoms with Gasteiger partial charge >= 0.3 is 0 Å². The molecule has 8 nitrogen and oxygen atoms in total. The SMILES string of the molecule is CCCCCCCCCC/C=C\CCCCCCCCCC(=O)NC(COP(=O)([O-])OCC[N+](C)(C)C)C(O)/C=C/CC/C=C/CC/C=C/CCCCCCCCCCCCCC. The molecule has 1 amide bonds. The first-order chi connectivity index (χ1) is 30.5. The molecule has 370 valence electrons. The molecule has 0 aliphatic rings. The van der Waals surface area contributed by atoms with E-state index in [-0.39, 0.29) is 12.5 Å². The molecule has 0 aromatic rings. The van der Waals surface area contributed by atoms with E-state index < -0.39 is 26.6 Å². The fraction of sp³-hybridized carbons (Fsp3) is 0.833. The Hall–Kier alpha value is -1.54. The van der Waals surface area contributed by atoms with Gasteiger partial charge in [-0.2, -0.15) is 0 Å². The number of phosphoric ester groups is 1. The first-order valence-electron chi connectivity index (χ1n) is 26.5. The van der Waals surface area contributed by atoms with Crippen molar-refractivity contribution in [2.45, 2.75) is 251 Å². The van der Waals surface area contributed by atoms with Gasteiger partial charge in [0.2, 0.25) is 5.91 Å². The van der Waals surface area contributed by atoms with Crippen LogP contribution in [0, 0.1) is 0 Å². The van der Waals surface area contributed by atoms with Gasteiger partial charge in [-0.05, 0) is 70.6 Å². The second-order valence-electron chi connectivity index (χ2n) is 19.2. The van der Waals surface area contributed by atoms with Gasteiger partial charge in [-0.3, -0.25) is 9.36 Å².